The molecule has 0 aliphatic heterocycles. The number of para-hydroxylation sites is 2. The molecule has 0 unspecified atom stereocenters. The molecular formula is C13H13N3O3. The molecule has 1 heterocycles. The number of carbonyl (C=O) groups is 1. The molecule has 0 aliphatic rings. The number of esters is 1. The first-order valence-electron chi connectivity index (χ1n) is 5.83. The molecule has 0 amide bonds. The van der Waals surface area contributed by atoms with Crippen LogP contribution in [0.4, 0.5) is 0 Å². The van der Waals surface area contributed by atoms with Crippen LogP contribution in [-0.4, -0.2) is 33.5 Å². The SMILES string of the molecule is CCOC(=O)/C(Cc1cnc2ccccc2n1)=N\O. The minimum absolute atomic E-state index is 0.0766. The Balaban J connectivity index is 2.22. The summed E-state index contributed by atoms with van der Waals surface area (Å²) < 4.78 is 4.78. The van der Waals surface area contributed by atoms with Gasteiger partial charge in [-0.1, -0.05) is 17.3 Å². The summed E-state index contributed by atoms with van der Waals surface area (Å²) in [5.41, 5.74) is 1.94. The fourth-order valence-corrected chi connectivity index (χ4v) is 1.61. The van der Waals surface area contributed by atoms with Gasteiger partial charge in [0.2, 0.25) is 0 Å². The van der Waals surface area contributed by atoms with Crippen LogP contribution in [0.2, 0.25) is 0 Å². The molecule has 0 saturated carbocycles. The van der Waals surface area contributed by atoms with E-state index >= 15 is 0 Å². The normalized spacial score (nSPS) is 11.5. The van der Waals surface area contributed by atoms with E-state index in [1.165, 1.54) is 0 Å². The van der Waals surface area contributed by atoms with Crippen LogP contribution < -0.4 is 0 Å². The first-order valence-corrected chi connectivity index (χ1v) is 5.83. The average Bonchev–Trinajstić information content (AvgIpc) is 2.44. The molecule has 0 spiro atoms. The van der Waals surface area contributed by atoms with Crippen LogP contribution in [0.3, 0.4) is 0 Å². The molecule has 0 radical (unpaired) electrons. The maximum absolute atomic E-state index is 11.5. The van der Waals surface area contributed by atoms with Crippen molar-refractivity contribution in [1.29, 1.82) is 0 Å². The van der Waals surface area contributed by atoms with E-state index < -0.39 is 5.97 Å². The minimum Gasteiger partial charge on any atom is -0.461 e. The Morgan fingerprint density at radius 3 is 2.79 bits per heavy atom. The van der Waals surface area contributed by atoms with Gasteiger partial charge in [-0.15, -0.1) is 0 Å². The van der Waals surface area contributed by atoms with Crippen LogP contribution in [0.25, 0.3) is 11.0 Å². The van der Waals surface area contributed by atoms with Crippen LogP contribution in [0.15, 0.2) is 35.6 Å². The van der Waals surface area contributed by atoms with Crippen molar-refractivity contribution in [3.63, 3.8) is 0 Å². The third-order valence-electron chi connectivity index (χ3n) is 2.48. The number of hydrogen-bond donors (Lipinski definition) is 1. The monoisotopic (exact) mass is 259 g/mol. The third-order valence-corrected chi connectivity index (χ3v) is 2.48. The number of benzene rings is 1. The maximum atomic E-state index is 11.5. The molecule has 2 rings (SSSR count). The lowest BCUT2D eigenvalue weighted by atomic mass is 10.2. The standard InChI is InChI=1S/C13H13N3O3/c1-2-19-13(17)12(16-18)7-9-8-14-10-5-3-4-6-11(10)15-9/h3-6,8,18H,2,7H2,1H3/b16-12-. The van der Waals surface area contributed by atoms with Crippen LogP contribution in [0, 0.1) is 0 Å². The van der Waals surface area contributed by atoms with E-state index in [1.807, 2.05) is 24.3 Å². The number of carbonyl (C=O) groups excluding carboxylic acids is 1. The number of rotatable bonds is 4. The summed E-state index contributed by atoms with van der Waals surface area (Å²) in [4.78, 5) is 20.0. The van der Waals surface area contributed by atoms with Gasteiger partial charge in [0.1, 0.15) is 0 Å². The highest BCUT2D eigenvalue weighted by atomic mass is 16.5. The number of nitrogens with zero attached hydrogens (tertiary/aromatic N) is 3. The van der Waals surface area contributed by atoms with Gasteiger partial charge < -0.3 is 9.94 Å². The molecule has 0 saturated heterocycles. The zero-order chi connectivity index (χ0) is 13.7. The topological polar surface area (TPSA) is 84.7 Å². The van der Waals surface area contributed by atoms with Gasteiger partial charge in [0.05, 0.1) is 23.3 Å². The Labute approximate surface area is 109 Å². The first-order chi connectivity index (χ1) is 9.24. The molecule has 6 heteroatoms. The Kier molecular flexibility index (Phi) is 4.02. The molecule has 0 bridgehead atoms. The van der Waals surface area contributed by atoms with E-state index in [4.69, 9.17) is 9.94 Å². The second kappa shape index (κ2) is 5.90. The van der Waals surface area contributed by atoms with Crippen molar-refractivity contribution in [2.24, 2.45) is 5.16 Å². The number of hydrogen-bond acceptors (Lipinski definition) is 6. The Morgan fingerprint density at radius 1 is 1.37 bits per heavy atom. The molecule has 0 aliphatic carbocycles. The number of fused-ring (bicyclic) bond motifs is 1. The zero-order valence-electron chi connectivity index (χ0n) is 10.4. The molecule has 19 heavy (non-hydrogen) atoms. The second-order valence-electron chi connectivity index (χ2n) is 3.79. The lowest BCUT2D eigenvalue weighted by Crippen LogP contribution is -2.20. The smallest absolute Gasteiger partial charge is 0.356 e. The van der Waals surface area contributed by atoms with Crippen molar-refractivity contribution >= 4 is 22.7 Å². The van der Waals surface area contributed by atoms with Gasteiger partial charge in [0.25, 0.3) is 0 Å². The van der Waals surface area contributed by atoms with Gasteiger partial charge in [-0.05, 0) is 19.1 Å². The van der Waals surface area contributed by atoms with Crippen molar-refractivity contribution in [1.82, 2.24) is 9.97 Å². The van der Waals surface area contributed by atoms with Crippen LogP contribution in [0.1, 0.15) is 12.6 Å². The predicted molar refractivity (Wildman–Crippen MR) is 69.1 cm³/mol. The predicted octanol–water partition coefficient (Wildman–Crippen LogP) is 1.57. The summed E-state index contributed by atoms with van der Waals surface area (Å²) in [6, 6.07) is 7.40. The Morgan fingerprint density at radius 2 is 2.11 bits per heavy atom. The number of aromatic nitrogens is 2. The van der Waals surface area contributed by atoms with Gasteiger partial charge >= 0.3 is 5.97 Å². The van der Waals surface area contributed by atoms with Crippen molar-refractivity contribution in [3.8, 4) is 0 Å². The average molecular weight is 259 g/mol. The largest absolute Gasteiger partial charge is 0.461 e. The van der Waals surface area contributed by atoms with E-state index in [0.717, 1.165) is 11.0 Å². The van der Waals surface area contributed by atoms with E-state index in [0.29, 0.717) is 5.69 Å². The summed E-state index contributed by atoms with van der Waals surface area (Å²) in [6.07, 6.45) is 1.62. The van der Waals surface area contributed by atoms with E-state index in [9.17, 15) is 4.79 Å². The fraction of sp³-hybridized carbons (Fsp3) is 0.231. The van der Waals surface area contributed by atoms with Crippen molar-refractivity contribution < 1.29 is 14.7 Å². The third kappa shape index (κ3) is 3.04. The van der Waals surface area contributed by atoms with Crippen molar-refractivity contribution in [2.45, 2.75) is 13.3 Å². The highest BCUT2D eigenvalue weighted by molar-refractivity contribution is 6.36. The molecule has 98 valence electrons. The molecule has 1 N–H and O–H groups in total. The molecule has 6 nitrogen and oxygen atoms in total. The summed E-state index contributed by atoms with van der Waals surface area (Å²) in [6.45, 7) is 1.91. The quantitative estimate of drug-likeness (QED) is 0.390. The Hall–Kier alpha value is -2.50. The first kappa shape index (κ1) is 12.9. The van der Waals surface area contributed by atoms with E-state index in [2.05, 4.69) is 15.1 Å². The molecule has 0 atom stereocenters. The van der Waals surface area contributed by atoms with Gasteiger partial charge in [-0.2, -0.15) is 0 Å². The molecule has 2 aromatic rings. The lowest BCUT2D eigenvalue weighted by Gasteiger charge is -2.04. The Bertz CT molecular complexity index is 625. The highest BCUT2D eigenvalue weighted by Gasteiger charge is 2.15. The van der Waals surface area contributed by atoms with Crippen molar-refractivity contribution in [2.75, 3.05) is 6.61 Å². The molecule has 1 aromatic carbocycles. The second-order valence-corrected chi connectivity index (χ2v) is 3.79. The van der Waals surface area contributed by atoms with Crippen molar-refractivity contribution in [3.05, 3.63) is 36.2 Å². The minimum atomic E-state index is -0.653. The van der Waals surface area contributed by atoms with Gasteiger partial charge in [-0.3, -0.25) is 4.98 Å². The van der Waals surface area contributed by atoms with E-state index in [-0.39, 0.29) is 18.7 Å². The number of ether oxygens (including phenoxy) is 1. The molecular weight excluding hydrogens is 246 g/mol. The van der Waals surface area contributed by atoms with Crippen LogP contribution >= 0.6 is 0 Å². The molecule has 1 aromatic heterocycles. The highest BCUT2D eigenvalue weighted by Crippen LogP contribution is 2.09. The van der Waals surface area contributed by atoms with Gasteiger partial charge in [-0.25, -0.2) is 9.78 Å². The van der Waals surface area contributed by atoms with Crippen LogP contribution in [0.5, 0.6) is 0 Å². The van der Waals surface area contributed by atoms with Gasteiger partial charge in [0, 0.05) is 12.6 Å². The lowest BCUT2D eigenvalue weighted by molar-refractivity contribution is -0.135. The van der Waals surface area contributed by atoms with Crippen LogP contribution in [-0.2, 0) is 16.0 Å². The fourth-order valence-electron chi connectivity index (χ4n) is 1.61. The molecule has 0 fully saturated rings. The van der Waals surface area contributed by atoms with Gasteiger partial charge in [0.15, 0.2) is 5.71 Å². The summed E-state index contributed by atoms with van der Waals surface area (Å²) in [5, 5.41) is 11.8. The summed E-state index contributed by atoms with van der Waals surface area (Å²) >= 11 is 0. The summed E-state index contributed by atoms with van der Waals surface area (Å²) in [7, 11) is 0. The summed E-state index contributed by atoms with van der Waals surface area (Å²) in [5.74, 6) is -0.653. The number of oxime groups is 1. The zero-order valence-corrected chi connectivity index (χ0v) is 10.4. The van der Waals surface area contributed by atoms with E-state index in [1.54, 1.807) is 13.1 Å². The maximum Gasteiger partial charge on any atom is 0.356 e.